The van der Waals surface area contributed by atoms with Crippen molar-refractivity contribution in [3.05, 3.63) is 58.3 Å². The molecule has 1 aromatic carbocycles. The number of halogens is 2. The van der Waals surface area contributed by atoms with Gasteiger partial charge in [-0.25, -0.2) is 9.78 Å². The molecule has 0 saturated carbocycles. The number of hydrogen-bond acceptors (Lipinski definition) is 3. The molecule has 0 aliphatic carbocycles. The Balaban J connectivity index is 2.14. The van der Waals surface area contributed by atoms with Gasteiger partial charge in [0.15, 0.2) is 0 Å². The number of pyridine rings is 1. The van der Waals surface area contributed by atoms with Crippen molar-refractivity contribution in [3.63, 3.8) is 0 Å². The highest BCUT2D eigenvalue weighted by atomic mass is 35.5. The number of rotatable bonds is 2. The van der Waals surface area contributed by atoms with Crippen LogP contribution in [0.15, 0.2) is 42.6 Å². The third kappa shape index (κ3) is 3.19. The number of aromatic nitrogens is 1. The van der Waals surface area contributed by atoms with Crippen molar-refractivity contribution in [1.29, 1.82) is 0 Å². The summed E-state index contributed by atoms with van der Waals surface area (Å²) < 4.78 is 5.13. The summed E-state index contributed by atoms with van der Waals surface area (Å²) >= 11 is 11.4. The fourth-order valence-electron chi connectivity index (χ4n) is 1.20. The molecule has 0 bridgehead atoms. The first-order valence-corrected chi connectivity index (χ1v) is 5.50. The average molecular weight is 268 g/mol. The molecule has 0 aliphatic rings. The van der Waals surface area contributed by atoms with Gasteiger partial charge < -0.3 is 4.74 Å². The molecular weight excluding hydrogens is 261 g/mol. The fraction of sp³-hybridized carbons (Fsp3) is 0. The number of hydrogen-bond donors (Lipinski definition) is 0. The molecule has 1 aromatic heterocycles. The molecule has 2 aromatic rings. The summed E-state index contributed by atoms with van der Waals surface area (Å²) in [6.07, 6.45) is 1.45. The van der Waals surface area contributed by atoms with Gasteiger partial charge in [0.25, 0.3) is 0 Å². The molecule has 0 radical (unpaired) electrons. The largest absolute Gasteiger partial charge is 0.423 e. The maximum atomic E-state index is 11.7. The van der Waals surface area contributed by atoms with E-state index in [0.29, 0.717) is 16.3 Å². The minimum Gasteiger partial charge on any atom is -0.423 e. The van der Waals surface area contributed by atoms with Gasteiger partial charge in [-0.2, -0.15) is 0 Å². The predicted molar refractivity (Wildman–Crippen MR) is 65.7 cm³/mol. The molecule has 2 rings (SSSR count). The topological polar surface area (TPSA) is 39.2 Å². The Morgan fingerprint density at radius 3 is 2.47 bits per heavy atom. The number of ether oxygens (including phenoxy) is 1. The summed E-state index contributed by atoms with van der Waals surface area (Å²) in [6.45, 7) is 0. The van der Waals surface area contributed by atoms with Gasteiger partial charge in [-0.1, -0.05) is 23.2 Å². The van der Waals surface area contributed by atoms with E-state index in [0.717, 1.165) is 0 Å². The van der Waals surface area contributed by atoms with Crippen molar-refractivity contribution >= 4 is 29.2 Å². The number of carbonyl (C=O) groups excluding carboxylic acids is 1. The molecule has 0 atom stereocenters. The number of carbonyl (C=O) groups is 1. The van der Waals surface area contributed by atoms with Gasteiger partial charge in [-0.15, -0.1) is 0 Å². The van der Waals surface area contributed by atoms with Crippen LogP contribution in [0.25, 0.3) is 0 Å². The first-order valence-electron chi connectivity index (χ1n) is 4.74. The number of esters is 1. The summed E-state index contributed by atoms with van der Waals surface area (Å²) in [4.78, 5) is 15.5. The van der Waals surface area contributed by atoms with E-state index in [1.807, 2.05) is 0 Å². The molecule has 0 aliphatic heterocycles. The van der Waals surface area contributed by atoms with Gasteiger partial charge in [-0.05, 0) is 36.4 Å². The molecule has 1 heterocycles. The maximum Gasteiger partial charge on any atom is 0.343 e. The number of nitrogens with zero attached hydrogens (tertiary/aromatic N) is 1. The van der Waals surface area contributed by atoms with Crippen molar-refractivity contribution in [2.24, 2.45) is 0 Å². The molecule has 0 spiro atoms. The summed E-state index contributed by atoms with van der Waals surface area (Å²) in [5.74, 6) is -0.0658. The van der Waals surface area contributed by atoms with E-state index in [1.165, 1.54) is 18.3 Å². The minimum atomic E-state index is -0.489. The van der Waals surface area contributed by atoms with Crippen LogP contribution in [0.1, 0.15) is 10.4 Å². The zero-order valence-corrected chi connectivity index (χ0v) is 10.1. The Bertz CT molecular complexity index is 540. The van der Waals surface area contributed by atoms with Crippen LogP contribution in [0.2, 0.25) is 10.2 Å². The second-order valence-electron chi connectivity index (χ2n) is 3.21. The first-order chi connectivity index (χ1) is 8.15. The van der Waals surface area contributed by atoms with E-state index in [1.54, 1.807) is 24.3 Å². The van der Waals surface area contributed by atoms with Crippen molar-refractivity contribution in [2.45, 2.75) is 0 Å². The van der Waals surface area contributed by atoms with Gasteiger partial charge in [0.05, 0.1) is 5.56 Å². The zero-order valence-electron chi connectivity index (χ0n) is 8.56. The van der Waals surface area contributed by atoms with Crippen LogP contribution in [-0.4, -0.2) is 11.0 Å². The zero-order chi connectivity index (χ0) is 12.3. The lowest BCUT2D eigenvalue weighted by molar-refractivity contribution is 0.0734. The molecule has 0 N–H and O–H groups in total. The monoisotopic (exact) mass is 267 g/mol. The van der Waals surface area contributed by atoms with E-state index >= 15 is 0 Å². The Hall–Kier alpha value is -1.58. The van der Waals surface area contributed by atoms with Crippen molar-refractivity contribution < 1.29 is 9.53 Å². The lowest BCUT2D eigenvalue weighted by atomic mass is 10.3. The fourth-order valence-corrected chi connectivity index (χ4v) is 1.50. The Labute approximate surface area is 108 Å². The molecule has 0 fully saturated rings. The maximum absolute atomic E-state index is 11.7. The third-order valence-electron chi connectivity index (χ3n) is 1.99. The van der Waals surface area contributed by atoms with Gasteiger partial charge in [0.1, 0.15) is 10.9 Å². The normalized spacial score (nSPS) is 10.0. The van der Waals surface area contributed by atoms with Crippen molar-refractivity contribution in [1.82, 2.24) is 4.98 Å². The highest BCUT2D eigenvalue weighted by Crippen LogP contribution is 2.17. The predicted octanol–water partition coefficient (Wildman–Crippen LogP) is 3.61. The Morgan fingerprint density at radius 2 is 1.82 bits per heavy atom. The smallest absolute Gasteiger partial charge is 0.343 e. The van der Waals surface area contributed by atoms with Crippen LogP contribution >= 0.6 is 23.2 Å². The molecular formula is C12H7Cl2NO2. The second-order valence-corrected chi connectivity index (χ2v) is 4.03. The van der Waals surface area contributed by atoms with Gasteiger partial charge in [0, 0.05) is 11.2 Å². The van der Waals surface area contributed by atoms with Crippen LogP contribution < -0.4 is 4.74 Å². The Kier molecular flexibility index (Phi) is 3.61. The lowest BCUT2D eigenvalue weighted by Crippen LogP contribution is -2.08. The molecule has 17 heavy (non-hydrogen) atoms. The van der Waals surface area contributed by atoms with E-state index in [9.17, 15) is 4.79 Å². The highest BCUT2D eigenvalue weighted by molar-refractivity contribution is 6.30. The van der Waals surface area contributed by atoms with E-state index in [2.05, 4.69) is 4.98 Å². The van der Waals surface area contributed by atoms with Gasteiger partial charge >= 0.3 is 5.97 Å². The quantitative estimate of drug-likeness (QED) is 0.474. The van der Waals surface area contributed by atoms with Crippen molar-refractivity contribution in [3.8, 4) is 5.75 Å². The molecule has 0 amide bonds. The van der Waals surface area contributed by atoms with Crippen LogP contribution in [0, 0.1) is 0 Å². The highest BCUT2D eigenvalue weighted by Gasteiger charge is 2.09. The van der Waals surface area contributed by atoms with Crippen LogP contribution in [0.5, 0.6) is 5.75 Å². The van der Waals surface area contributed by atoms with Gasteiger partial charge in [-0.3, -0.25) is 0 Å². The van der Waals surface area contributed by atoms with E-state index in [-0.39, 0.29) is 5.15 Å². The summed E-state index contributed by atoms with van der Waals surface area (Å²) in [5, 5.41) is 0.826. The Morgan fingerprint density at radius 1 is 1.12 bits per heavy atom. The molecule has 0 saturated heterocycles. The summed E-state index contributed by atoms with van der Waals surface area (Å²) in [5.41, 5.74) is 0.347. The van der Waals surface area contributed by atoms with Crippen LogP contribution in [0.4, 0.5) is 0 Å². The standard InChI is InChI=1S/C12H7Cl2NO2/c13-9-1-3-10(4-2-9)17-12(16)8-5-6-15-11(14)7-8/h1-7H. The summed E-state index contributed by atoms with van der Waals surface area (Å²) in [7, 11) is 0. The van der Waals surface area contributed by atoms with Gasteiger partial charge in [0.2, 0.25) is 0 Å². The van der Waals surface area contributed by atoms with Crippen LogP contribution in [0.3, 0.4) is 0 Å². The van der Waals surface area contributed by atoms with E-state index < -0.39 is 5.97 Å². The average Bonchev–Trinajstić information content (AvgIpc) is 2.32. The minimum absolute atomic E-state index is 0.246. The lowest BCUT2D eigenvalue weighted by Gasteiger charge is -2.04. The van der Waals surface area contributed by atoms with E-state index in [4.69, 9.17) is 27.9 Å². The van der Waals surface area contributed by atoms with Crippen molar-refractivity contribution in [2.75, 3.05) is 0 Å². The van der Waals surface area contributed by atoms with Crippen LogP contribution in [-0.2, 0) is 0 Å². The molecule has 3 nitrogen and oxygen atoms in total. The number of benzene rings is 1. The molecule has 5 heteroatoms. The third-order valence-corrected chi connectivity index (χ3v) is 2.45. The first kappa shape index (κ1) is 11.9. The molecule has 0 unspecified atom stereocenters. The second kappa shape index (κ2) is 5.17. The SMILES string of the molecule is O=C(Oc1ccc(Cl)cc1)c1ccnc(Cl)c1. The summed E-state index contributed by atoms with van der Waals surface area (Å²) in [6, 6.07) is 9.49. The molecule has 86 valence electrons.